The minimum atomic E-state index is -4.98. The predicted octanol–water partition coefficient (Wildman–Crippen LogP) is 0.667. The van der Waals surface area contributed by atoms with Crippen LogP contribution in [0.25, 0.3) is 0 Å². The molecule has 1 rings (SSSR count). The maximum atomic E-state index is 12.1. The van der Waals surface area contributed by atoms with Crippen molar-refractivity contribution >= 4 is 26.3 Å². The first-order valence-electron chi connectivity index (χ1n) is 4.71. The molecule has 0 aromatic carbocycles. The third kappa shape index (κ3) is 3.78. The summed E-state index contributed by atoms with van der Waals surface area (Å²) in [5.41, 5.74) is 0. The molecule has 1 aromatic heterocycles. The molecule has 0 fully saturated rings. The highest BCUT2D eigenvalue weighted by atomic mass is 32.2. The van der Waals surface area contributed by atoms with E-state index in [-0.39, 0.29) is 5.13 Å². The van der Waals surface area contributed by atoms with E-state index in [1.165, 1.54) is 0 Å². The van der Waals surface area contributed by atoms with E-state index in [0.29, 0.717) is 17.9 Å². The number of hydrogen-bond acceptors (Lipinski definition) is 7. The smallest absolute Gasteiger partial charge is 0.383 e. The minimum absolute atomic E-state index is 0.192. The van der Waals surface area contributed by atoms with Crippen LogP contribution in [0.5, 0.6) is 0 Å². The number of aliphatic hydroxyl groups excluding tert-OH is 1. The summed E-state index contributed by atoms with van der Waals surface area (Å²) in [6.07, 6.45) is -7.92. The van der Waals surface area contributed by atoms with E-state index >= 15 is 0 Å². The van der Waals surface area contributed by atoms with Crippen molar-refractivity contribution in [3.63, 3.8) is 0 Å². The number of rotatable bonds is 5. The average molecular weight is 305 g/mol. The normalized spacial score (nSPS) is 14.5. The number of aromatic nitrogens is 2. The van der Waals surface area contributed by atoms with Crippen molar-refractivity contribution in [3.8, 4) is 0 Å². The summed E-state index contributed by atoms with van der Waals surface area (Å²) in [5, 5.41) is 18.3. The van der Waals surface area contributed by atoms with E-state index in [1.807, 2.05) is 0 Å². The molecule has 1 unspecified atom stereocenters. The highest BCUT2D eigenvalue weighted by Crippen LogP contribution is 2.26. The zero-order chi connectivity index (χ0) is 14.0. The quantitative estimate of drug-likeness (QED) is 0.830. The number of hydrogen-bond donors (Lipinski definition) is 2. The van der Waals surface area contributed by atoms with Gasteiger partial charge in [0.2, 0.25) is 19.3 Å². The molecule has 1 heterocycles. The van der Waals surface area contributed by atoms with Gasteiger partial charge in [-0.3, -0.25) is 0 Å². The molecule has 1 aromatic rings. The standard InChI is InChI=1S/C7H10F3N3O3S2/c1-2-11-5-12-13-6(17-5)18(15,16)3-4(14)7(8,9)10/h4,14H,2-3H2,1H3,(H,11,12). The summed E-state index contributed by atoms with van der Waals surface area (Å²) in [4.78, 5) is 0. The van der Waals surface area contributed by atoms with Gasteiger partial charge in [0.1, 0.15) is 0 Å². The molecule has 0 spiro atoms. The lowest BCUT2D eigenvalue weighted by Crippen LogP contribution is -2.35. The Labute approximate surface area is 105 Å². The summed E-state index contributed by atoms with van der Waals surface area (Å²) < 4.78 is 58.7. The first kappa shape index (κ1) is 15.1. The van der Waals surface area contributed by atoms with Crippen LogP contribution >= 0.6 is 11.3 Å². The van der Waals surface area contributed by atoms with Crippen molar-refractivity contribution in [2.24, 2.45) is 0 Å². The van der Waals surface area contributed by atoms with Crippen molar-refractivity contribution in [2.45, 2.75) is 23.5 Å². The van der Waals surface area contributed by atoms with Crippen molar-refractivity contribution < 1.29 is 26.7 Å². The van der Waals surface area contributed by atoms with Gasteiger partial charge in [0.15, 0.2) is 6.10 Å². The third-order valence-electron chi connectivity index (χ3n) is 1.76. The van der Waals surface area contributed by atoms with Gasteiger partial charge in [-0.1, -0.05) is 11.3 Å². The Morgan fingerprint density at radius 3 is 2.56 bits per heavy atom. The van der Waals surface area contributed by atoms with Crippen LogP contribution in [0, 0.1) is 0 Å². The fourth-order valence-corrected chi connectivity index (χ4v) is 3.34. The SMILES string of the molecule is CCNc1nnc(S(=O)(=O)CC(O)C(F)(F)F)s1. The molecule has 0 aliphatic heterocycles. The molecule has 1 atom stereocenters. The number of alkyl halides is 3. The first-order chi connectivity index (χ1) is 8.16. The second-order valence-corrected chi connectivity index (χ2v) is 6.43. The number of nitrogens with zero attached hydrogens (tertiary/aromatic N) is 2. The van der Waals surface area contributed by atoms with Gasteiger partial charge in [-0.2, -0.15) is 13.2 Å². The highest BCUT2D eigenvalue weighted by molar-refractivity contribution is 7.93. The summed E-state index contributed by atoms with van der Waals surface area (Å²) in [5.74, 6) is -1.46. The molecule has 18 heavy (non-hydrogen) atoms. The van der Waals surface area contributed by atoms with Crippen LogP contribution in [-0.4, -0.2) is 48.3 Å². The zero-order valence-electron chi connectivity index (χ0n) is 9.10. The highest BCUT2D eigenvalue weighted by Gasteiger charge is 2.42. The van der Waals surface area contributed by atoms with E-state index in [1.54, 1.807) is 6.92 Å². The van der Waals surface area contributed by atoms with Gasteiger partial charge in [-0.15, -0.1) is 10.2 Å². The predicted molar refractivity (Wildman–Crippen MR) is 58.2 cm³/mol. The fraction of sp³-hybridized carbons (Fsp3) is 0.714. The Hall–Kier alpha value is -0.940. The monoisotopic (exact) mass is 305 g/mol. The molecule has 104 valence electrons. The Balaban J connectivity index is 2.86. The van der Waals surface area contributed by atoms with Crippen molar-refractivity contribution in [1.29, 1.82) is 0 Å². The Morgan fingerprint density at radius 2 is 2.06 bits per heavy atom. The van der Waals surface area contributed by atoms with Gasteiger partial charge in [-0.25, -0.2) is 8.42 Å². The summed E-state index contributed by atoms with van der Waals surface area (Å²) >= 11 is 0.617. The van der Waals surface area contributed by atoms with Crippen LogP contribution in [0.3, 0.4) is 0 Å². The first-order valence-corrected chi connectivity index (χ1v) is 7.18. The summed E-state index contributed by atoms with van der Waals surface area (Å²) in [6.45, 7) is 2.21. The van der Waals surface area contributed by atoms with Crippen molar-refractivity contribution in [2.75, 3.05) is 17.6 Å². The third-order valence-corrected chi connectivity index (χ3v) is 4.81. The number of anilines is 1. The maximum absolute atomic E-state index is 12.1. The van der Waals surface area contributed by atoms with E-state index in [9.17, 15) is 21.6 Å². The molecule has 11 heteroatoms. The van der Waals surface area contributed by atoms with Gasteiger partial charge in [0.25, 0.3) is 0 Å². The number of halogens is 3. The second-order valence-electron chi connectivity index (χ2n) is 3.24. The molecule has 2 N–H and O–H groups in total. The molecule has 0 radical (unpaired) electrons. The molecule has 0 aliphatic rings. The second kappa shape index (κ2) is 5.36. The summed E-state index contributed by atoms with van der Waals surface area (Å²) in [6, 6.07) is 0. The molecule has 0 amide bonds. The Morgan fingerprint density at radius 1 is 1.44 bits per heavy atom. The van der Waals surface area contributed by atoms with Crippen LogP contribution in [0.2, 0.25) is 0 Å². The lowest BCUT2D eigenvalue weighted by atomic mass is 10.4. The molecule has 0 saturated heterocycles. The van der Waals surface area contributed by atoms with Gasteiger partial charge in [0, 0.05) is 6.54 Å². The lowest BCUT2D eigenvalue weighted by Gasteiger charge is -2.13. The van der Waals surface area contributed by atoms with Crippen LogP contribution in [0.15, 0.2) is 4.34 Å². The van der Waals surface area contributed by atoms with Gasteiger partial charge in [-0.05, 0) is 6.92 Å². The fourth-order valence-electron chi connectivity index (χ4n) is 0.932. The van der Waals surface area contributed by atoms with Crippen LogP contribution in [0.1, 0.15) is 6.92 Å². The van der Waals surface area contributed by atoms with E-state index in [0.717, 1.165) is 0 Å². The minimum Gasteiger partial charge on any atom is -0.383 e. The van der Waals surface area contributed by atoms with E-state index < -0.39 is 32.2 Å². The topological polar surface area (TPSA) is 92.2 Å². The molecule has 0 aliphatic carbocycles. The lowest BCUT2D eigenvalue weighted by molar-refractivity contribution is -0.196. The van der Waals surface area contributed by atoms with E-state index in [2.05, 4.69) is 15.5 Å². The van der Waals surface area contributed by atoms with Crippen molar-refractivity contribution in [3.05, 3.63) is 0 Å². The molecular weight excluding hydrogens is 295 g/mol. The van der Waals surface area contributed by atoms with Crippen LogP contribution in [-0.2, 0) is 9.84 Å². The number of sulfone groups is 1. The molecular formula is C7H10F3N3O3S2. The largest absolute Gasteiger partial charge is 0.415 e. The van der Waals surface area contributed by atoms with Crippen LogP contribution in [0.4, 0.5) is 18.3 Å². The molecule has 6 nitrogen and oxygen atoms in total. The van der Waals surface area contributed by atoms with Crippen molar-refractivity contribution in [1.82, 2.24) is 10.2 Å². The van der Waals surface area contributed by atoms with Gasteiger partial charge >= 0.3 is 6.18 Å². The zero-order valence-corrected chi connectivity index (χ0v) is 10.7. The molecule has 0 saturated carbocycles. The Bertz CT molecular complexity index is 500. The van der Waals surface area contributed by atoms with E-state index in [4.69, 9.17) is 5.11 Å². The number of aliphatic hydroxyl groups is 1. The van der Waals surface area contributed by atoms with Crippen LogP contribution < -0.4 is 5.32 Å². The Kier molecular flexibility index (Phi) is 4.50. The summed E-state index contributed by atoms with van der Waals surface area (Å²) in [7, 11) is -4.31. The average Bonchev–Trinajstić information content (AvgIpc) is 2.65. The maximum Gasteiger partial charge on any atom is 0.415 e. The molecule has 0 bridgehead atoms. The number of nitrogens with one attached hydrogen (secondary N) is 1. The van der Waals surface area contributed by atoms with Gasteiger partial charge < -0.3 is 10.4 Å². The van der Waals surface area contributed by atoms with Gasteiger partial charge in [0.05, 0.1) is 5.75 Å².